The summed E-state index contributed by atoms with van der Waals surface area (Å²) in [5.41, 5.74) is 1.77. The summed E-state index contributed by atoms with van der Waals surface area (Å²) in [5.74, 6) is -0.682. The van der Waals surface area contributed by atoms with E-state index < -0.39 is 23.2 Å². The summed E-state index contributed by atoms with van der Waals surface area (Å²) in [4.78, 5) is 38.3. The maximum atomic E-state index is 13.3. The number of rotatable bonds is 13. The maximum absolute atomic E-state index is 13.3. The molecule has 0 unspecified atom stereocenters. The fraction of sp³-hybridized carbons (Fsp3) is 0.444. The minimum atomic E-state index is -0.763. The van der Waals surface area contributed by atoms with Gasteiger partial charge in [0.05, 0.1) is 19.4 Å². The molecule has 2 N–H and O–H groups in total. The molecule has 0 aromatic heterocycles. The summed E-state index contributed by atoms with van der Waals surface area (Å²) < 4.78 is 10.6. The van der Waals surface area contributed by atoms with Crippen LogP contribution in [0.2, 0.25) is 0 Å². The molecule has 2 amide bonds. The lowest BCUT2D eigenvalue weighted by atomic mass is 9.91. The second-order valence-electron chi connectivity index (χ2n) is 8.88. The Morgan fingerprint density at radius 2 is 1.60 bits per heavy atom. The number of methoxy groups -OCH3 is 1. The number of amides is 2. The Bertz CT molecular complexity index is 950. The molecule has 0 aliphatic rings. The molecule has 0 bridgehead atoms. The van der Waals surface area contributed by atoms with Crippen molar-refractivity contribution in [3.63, 3.8) is 0 Å². The molecule has 0 aliphatic heterocycles. The minimum absolute atomic E-state index is 0.0100. The summed E-state index contributed by atoms with van der Waals surface area (Å²) in [6, 6.07) is 16.0. The molecule has 0 aliphatic carbocycles. The van der Waals surface area contributed by atoms with E-state index >= 15 is 0 Å². The van der Waals surface area contributed by atoms with E-state index in [-0.39, 0.29) is 30.8 Å². The fourth-order valence-corrected chi connectivity index (χ4v) is 4.12. The molecular formula is C27H36N2O5S. The summed E-state index contributed by atoms with van der Waals surface area (Å²) >= 11 is 4.60. The molecule has 8 heteroatoms. The van der Waals surface area contributed by atoms with Crippen molar-refractivity contribution in [3.05, 3.63) is 65.7 Å². The highest BCUT2D eigenvalue weighted by Gasteiger charge is 2.31. The standard InChI is InChI=1S/C27H36N2O5S/c1-18(2)14-22(24(35)16-25(30)34-17-20-8-6-5-7-9-20)26(31)29-23(27(32)28-3)15-19-10-12-21(33-4)13-11-19/h5-13,18,22-24,35H,14-17H2,1-4H3,(H,28,32)(H,29,31)/t22-,23-,24+/m0/s1. The number of hydrogen-bond acceptors (Lipinski definition) is 6. The number of hydrogen-bond donors (Lipinski definition) is 3. The smallest absolute Gasteiger partial charge is 0.307 e. The van der Waals surface area contributed by atoms with Crippen LogP contribution in [-0.4, -0.2) is 43.2 Å². The van der Waals surface area contributed by atoms with Gasteiger partial charge in [0.15, 0.2) is 0 Å². The third-order valence-corrected chi connectivity index (χ3v) is 6.17. The number of likely N-dealkylation sites (N-methyl/N-ethyl adjacent to an activating group) is 1. The largest absolute Gasteiger partial charge is 0.497 e. The number of benzene rings is 2. The number of esters is 1. The average molecular weight is 501 g/mol. The number of nitrogens with one attached hydrogen (secondary N) is 2. The van der Waals surface area contributed by atoms with Crippen LogP contribution in [0, 0.1) is 11.8 Å². The van der Waals surface area contributed by atoms with E-state index in [4.69, 9.17) is 9.47 Å². The topological polar surface area (TPSA) is 93.7 Å². The highest BCUT2D eigenvalue weighted by Crippen LogP contribution is 2.24. The van der Waals surface area contributed by atoms with Crippen LogP contribution in [-0.2, 0) is 32.1 Å². The van der Waals surface area contributed by atoms with Crippen molar-refractivity contribution < 1.29 is 23.9 Å². The van der Waals surface area contributed by atoms with E-state index in [1.54, 1.807) is 7.11 Å². The second-order valence-corrected chi connectivity index (χ2v) is 9.54. The predicted octanol–water partition coefficient (Wildman–Crippen LogP) is 3.56. The monoisotopic (exact) mass is 500 g/mol. The molecule has 0 saturated carbocycles. The molecule has 7 nitrogen and oxygen atoms in total. The van der Waals surface area contributed by atoms with Gasteiger partial charge in [-0.25, -0.2) is 0 Å². The van der Waals surface area contributed by atoms with E-state index in [2.05, 4.69) is 23.3 Å². The van der Waals surface area contributed by atoms with E-state index in [0.717, 1.165) is 11.1 Å². The van der Waals surface area contributed by atoms with Crippen LogP contribution in [0.5, 0.6) is 5.75 Å². The van der Waals surface area contributed by atoms with Gasteiger partial charge in [-0.2, -0.15) is 12.6 Å². The first-order chi connectivity index (χ1) is 16.7. The minimum Gasteiger partial charge on any atom is -0.497 e. The lowest BCUT2D eigenvalue weighted by Crippen LogP contribution is -2.50. The summed E-state index contributed by atoms with van der Waals surface area (Å²) in [7, 11) is 3.12. The van der Waals surface area contributed by atoms with Gasteiger partial charge in [0.1, 0.15) is 18.4 Å². The zero-order valence-corrected chi connectivity index (χ0v) is 21.7. The average Bonchev–Trinajstić information content (AvgIpc) is 2.85. The number of carbonyl (C=O) groups is 3. The zero-order valence-electron chi connectivity index (χ0n) is 20.8. The highest BCUT2D eigenvalue weighted by molar-refractivity contribution is 7.81. The molecule has 0 spiro atoms. The number of carbonyl (C=O) groups excluding carboxylic acids is 3. The van der Waals surface area contributed by atoms with Crippen molar-refractivity contribution in [2.45, 2.75) is 51.0 Å². The number of thiol groups is 1. The van der Waals surface area contributed by atoms with Crippen molar-refractivity contribution in [1.29, 1.82) is 0 Å². The van der Waals surface area contributed by atoms with E-state index in [0.29, 0.717) is 18.6 Å². The molecule has 2 aromatic rings. The van der Waals surface area contributed by atoms with Crippen molar-refractivity contribution in [1.82, 2.24) is 10.6 Å². The third-order valence-electron chi connectivity index (χ3n) is 5.62. The van der Waals surface area contributed by atoms with Gasteiger partial charge in [-0.3, -0.25) is 14.4 Å². The summed E-state index contributed by atoms with van der Waals surface area (Å²) in [5, 5.41) is 4.95. The molecule has 2 rings (SSSR count). The lowest BCUT2D eigenvalue weighted by Gasteiger charge is -2.26. The summed E-state index contributed by atoms with van der Waals surface area (Å²) in [6.07, 6.45) is 0.832. The van der Waals surface area contributed by atoms with Crippen LogP contribution >= 0.6 is 12.6 Å². The Balaban J connectivity index is 2.05. The van der Waals surface area contributed by atoms with Crippen LogP contribution in [0.15, 0.2) is 54.6 Å². The van der Waals surface area contributed by atoms with Gasteiger partial charge in [-0.15, -0.1) is 0 Å². The van der Waals surface area contributed by atoms with Gasteiger partial charge in [-0.05, 0) is 35.6 Å². The zero-order chi connectivity index (χ0) is 25.8. The van der Waals surface area contributed by atoms with Crippen molar-refractivity contribution in [2.24, 2.45) is 11.8 Å². The van der Waals surface area contributed by atoms with Gasteiger partial charge >= 0.3 is 5.97 Å². The summed E-state index contributed by atoms with van der Waals surface area (Å²) in [6.45, 7) is 4.17. The van der Waals surface area contributed by atoms with Crippen molar-refractivity contribution >= 4 is 30.4 Å². The molecule has 0 fully saturated rings. The fourth-order valence-electron chi connectivity index (χ4n) is 3.72. The van der Waals surface area contributed by atoms with Gasteiger partial charge in [0.25, 0.3) is 0 Å². The lowest BCUT2D eigenvalue weighted by molar-refractivity contribution is -0.145. The number of ether oxygens (including phenoxy) is 2. The van der Waals surface area contributed by atoms with Crippen LogP contribution in [0.4, 0.5) is 0 Å². The first kappa shape index (κ1) is 28.2. The highest BCUT2D eigenvalue weighted by atomic mass is 32.1. The Kier molecular flexibility index (Phi) is 11.6. The van der Waals surface area contributed by atoms with Gasteiger partial charge in [-0.1, -0.05) is 56.3 Å². The van der Waals surface area contributed by atoms with Crippen molar-refractivity contribution in [2.75, 3.05) is 14.2 Å². The van der Waals surface area contributed by atoms with E-state index in [9.17, 15) is 14.4 Å². The Morgan fingerprint density at radius 1 is 0.943 bits per heavy atom. The third kappa shape index (κ3) is 9.64. The SMILES string of the molecule is CNC(=O)[C@H](Cc1ccc(OC)cc1)NC(=O)[C@@H](CC(C)C)[C@H](S)CC(=O)OCc1ccccc1. The molecule has 190 valence electrons. The molecule has 3 atom stereocenters. The van der Waals surface area contributed by atoms with Crippen LogP contribution in [0.1, 0.15) is 37.8 Å². The quantitative estimate of drug-likeness (QED) is 0.289. The molecule has 35 heavy (non-hydrogen) atoms. The molecule has 0 saturated heterocycles. The Labute approximate surface area is 213 Å². The molecule has 0 heterocycles. The first-order valence-corrected chi connectivity index (χ1v) is 12.3. The van der Waals surface area contributed by atoms with E-state index in [1.807, 2.05) is 68.4 Å². The first-order valence-electron chi connectivity index (χ1n) is 11.8. The molecular weight excluding hydrogens is 464 g/mol. The predicted molar refractivity (Wildman–Crippen MR) is 139 cm³/mol. The van der Waals surface area contributed by atoms with Crippen LogP contribution in [0.25, 0.3) is 0 Å². The normalized spacial score (nSPS) is 13.4. The van der Waals surface area contributed by atoms with Gasteiger partial charge < -0.3 is 20.1 Å². The molecule has 0 radical (unpaired) electrons. The Hall–Kier alpha value is -3.00. The second kappa shape index (κ2) is 14.4. The van der Waals surface area contributed by atoms with Crippen molar-refractivity contribution in [3.8, 4) is 5.75 Å². The molecule has 2 aromatic carbocycles. The van der Waals surface area contributed by atoms with Crippen LogP contribution < -0.4 is 15.4 Å². The van der Waals surface area contributed by atoms with Crippen LogP contribution in [0.3, 0.4) is 0 Å². The van der Waals surface area contributed by atoms with Gasteiger partial charge in [0, 0.05) is 18.7 Å². The Morgan fingerprint density at radius 3 is 2.17 bits per heavy atom. The maximum Gasteiger partial charge on any atom is 0.307 e. The van der Waals surface area contributed by atoms with Gasteiger partial charge in [0.2, 0.25) is 11.8 Å². The van der Waals surface area contributed by atoms with E-state index in [1.165, 1.54) is 7.05 Å².